The van der Waals surface area contributed by atoms with Gasteiger partial charge in [0.1, 0.15) is 5.76 Å². The van der Waals surface area contributed by atoms with Crippen LogP contribution in [0.15, 0.2) is 87.7 Å². The first kappa shape index (κ1) is 26.2. The third-order valence-corrected chi connectivity index (χ3v) is 7.41. The first-order valence-electron chi connectivity index (χ1n) is 10.9. The molecule has 0 radical (unpaired) electrons. The monoisotopic (exact) mass is 585 g/mol. The van der Waals surface area contributed by atoms with E-state index in [2.05, 4.69) is 15.9 Å². The second kappa shape index (κ2) is 10.2. The third kappa shape index (κ3) is 5.45. The quantitative estimate of drug-likeness (QED) is 0.140. The van der Waals surface area contributed by atoms with Crippen LogP contribution in [0, 0.1) is 10.1 Å². The lowest BCUT2D eigenvalue weighted by Gasteiger charge is -2.25. The number of Topliss-reactive ketones (excluding diaryl/α,β-unsaturated/α-hetero) is 1. The number of hydrogen-bond donors (Lipinski definition) is 2. The van der Waals surface area contributed by atoms with Crippen LogP contribution in [0.4, 0.5) is 5.69 Å². The minimum Gasteiger partial charge on any atom is -0.507 e. The Bertz CT molecular complexity index is 1540. The van der Waals surface area contributed by atoms with Gasteiger partial charge < -0.3 is 10.0 Å². The van der Waals surface area contributed by atoms with Gasteiger partial charge in [0.15, 0.2) is 0 Å². The Balaban J connectivity index is 1.76. The first-order valence-corrected chi connectivity index (χ1v) is 13.2. The molecule has 10 nitrogen and oxygen atoms in total. The molecule has 1 aliphatic heterocycles. The fourth-order valence-corrected chi connectivity index (χ4v) is 4.90. The molecule has 0 aliphatic carbocycles. The van der Waals surface area contributed by atoms with Crippen molar-refractivity contribution >= 4 is 49.1 Å². The number of primary sulfonamides is 1. The number of rotatable bonds is 7. The van der Waals surface area contributed by atoms with Gasteiger partial charge in [-0.2, -0.15) is 0 Å². The lowest BCUT2D eigenvalue weighted by atomic mass is 9.95. The number of likely N-dealkylation sites (tertiary alicyclic amines) is 1. The molecule has 3 aromatic rings. The van der Waals surface area contributed by atoms with Crippen molar-refractivity contribution in [2.24, 2.45) is 5.14 Å². The van der Waals surface area contributed by atoms with Crippen LogP contribution in [0.1, 0.15) is 22.7 Å². The number of amides is 1. The highest BCUT2D eigenvalue weighted by atomic mass is 79.9. The summed E-state index contributed by atoms with van der Waals surface area (Å²) in [6, 6.07) is 16.7. The molecular formula is C25H20BrN3O7S. The number of nitro groups is 1. The molecule has 12 heteroatoms. The maximum absolute atomic E-state index is 13.1. The molecule has 1 heterocycles. The molecular weight excluding hydrogens is 566 g/mol. The summed E-state index contributed by atoms with van der Waals surface area (Å²) in [7, 11) is -3.87. The molecule has 1 amide bonds. The van der Waals surface area contributed by atoms with Crippen molar-refractivity contribution in [2.75, 3.05) is 6.54 Å². The van der Waals surface area contributed by atoms with E-state index in [0.29, 0.717) is 11.1 Å². The summed E-state index contributed by atoms with van der Waals surface area (Å²) in [6.07, 6.45) is 0.238. The second-order valence-corrected chi connectivity index (χ2v) is 10.8. The number of aliphatic hydroxyl groups excluding tert-OH is 1. The van der Waals surface area contributed by atoms with Crippen LogP contribution in [0.3, 0.4) is 0 Å². The number of ketones is 1. The lowest BCUT2D eigenvalue weighted by molar-refractivity contribution is -0.384. The molecule has 1 saturated heterocycles. The molecule has 4 rings (SSSR count). The number of nitrogens with zero attached hydrogens (tertiary/aromatic N) is 2. The van der Waals surface area contributed by atoms with Crippen molar-refractivity contribution in [1.29, 1.82) is 0 Å². The van der Waals surface area contributed by atoms with E-state index in [1.165, 1.54) is 35.2 Å². The summed E-state index contributed by atoms with van der Waals surface area (Å²) < 4.78 is 23.8. The molecule has 0 saturated carbocycles. The molecule has 190 valence electrons. The zero-order chi connectivity index (χ0) is 26.9. The highest BCUT2D eigenvalue weighted by Crippen LogP contribution is 2.40. The van der Waals surface area contributed by atoms with Crippen molar-refractivity contribution in [3.63, 3.8) is 0 Å². The van der Waals surface area contributed by atoms with Crippen LogP contribution < -0.4 is 5.14 Å². The summed E-state index contributed by atoms with van der Waals surface area (Å²) in [4.78, 5) is 38.2. The Labute approximate surface area is 220 Å². The number of sulfonamides is 1. The zero-order valence-electron chi connectivity index (χ0n) is 19.1. The number of nitro benzene ring substituents is 1. The zero-order valence-corrected chi connectivity index (χ0v) is 21.5. The average molecular weight is 586 g/mol. The Morgan fingerprint density at radius 1 is 1.05 bits per heavy atom. The van der Waals surface area contributed by atoms with Crippen LogP contribution in [0.5, 0.6) is 0 Å². The van der Waals surface area contributed by atoms with Crippen LogP contribution in [-0.4, -0.2) is 41.6 Å². The predicted octanol–water partition coefficient (Wildman–Crippen LogP) is 3.67. The Kier molecular flexibility index (Phi) is 7.25. The smallest absolute Gasteiger partial charge is 0.295 e. The fourth-order valence-electron chi connectivity index (χ4n) is 4.12. The molecule has 3 N–H and O–H groups in total. The first-order chi connectivity index (χ1) is 17.5. The number of halogens is 1. The Morgan fingerprint density at radius 2 is 1.70 bits per heavy atom. The van der Waals surface area contributed by atoms with Gasteiger partial charge in [0.2, 0.25) is 10.0 Å². The maximum atomic E-state index is 13.1. The van der Waals surface area contributed by atoms with E-state index in [-0.39, 0.29) is 34.7 Å². The molecule has 0 aromatic heterocycles. The van der Waals surface area contributed by atoms with Gasteiger partial charge in [-0.1, -0.05) is 52.3 Å². The van der Waals surface area contributed by atoms with Crippen molar-refractivity contribution in [3.8, 4) is 0 Å². The van der Waals surface area contributed by atoms with E-state index >= 15 is 0 Å². The third-order valence-electron chi connectivity index (χ3n) is 5.95. The number of hydrogen-bond acceptors (Lipinski definition) is 7. The second-order valence-electron chi connectivity index (χ2n) is 8.29. The Morgan fingerprint density at radius 3 is 2.30 bits per heavy atom. The van der Waals surface area contributed by atoms with E-state index < -0.39 is 38.4 Å². The minimum atomic E-state index is -3.87. The van der Waals surface area contributed by atoms with E-state index in [4.69, 9.17) is 5.14 Å². The molecule has 0 unspecified atom stereocenters. The standard InChI is InChI=1S/C25H20BrN3O7S/c26-18-8-6-16(7-9-18)23(30)21-22(17-2-1-3-19(14-17)29(33)34)28(25(32)24(21)31)13-12-15-4-10-20(11-5-15)37(27,35)36/h1-11,14,22,30H,12-13H2,(H2,27,35,36)/t22-/m1/s1. The van der Waals surface area contributed by atoms with Crippen LogP contribution in [0.25, 0.3) is 5.76 Å². The maximum Gasteiger partial charge on any atom is 0.295 e. The average Bonchev–Trinajstić information content (AvgIpc) is 3.12. The van der Waals surface area contributed by atoms with Gasteiger partial charge in [-0.15, -0.1) is 0 Å². The molecule has 1 atom stereocenters. The number of nitrogens with two attached hydrogens (primary N) is 1. The van der Waals surface area contributed by atoms with Gasteiger partial charge in [0, 0.05) is 28.7 Å². The molecule has 0 bridgehead atoms. The largest absolute Gasteiger partial charge is 0.507 e. The lowest BCUT2D eigenvalue weighted by Crippen LogP contribution is -2.31. The van der Waals surface area contributed by atoms with Crippen molar-refractivity contribution in [2.45, 2.75) is 17.4 Å². The highest BCUT2D eigenvalue weighted by molar-refractivity contribution is 9.10. The normalized spacial score (nSPS) is 17.2. The number of benzene rings is 3. The van der Waals surface area contributed by atoms with Gasteiger partial charge >= 0.3 is 0 Å². The van der Waals surface area contributed by atoms with Crippen LogP contribution in [-0.2, 0) is 26.0 Å². The van der Waals surface area contributed by atoms with Crippen LogP contribution >= 0.6 is 15.9 Å². The fraction of sp³-hybridized carbons (Fsp3) is 0.120. The highest BCUT2D eigenvalue weighted by Gasteiger charge is 2.46. The van der Waals surface area contributed by atoms with E-state index in [1.807, 2.05) is 0 Å². The summed E-state index contributed by atoms with van der Waals surface area (Å²) in [6.45, 7) is 0.0176. The molecule has 3 aromatic carbocycles. The van der Waals surface area contributed by atoms with Crippen molar-refractivity contribution < 1.29 is 28.0 Å². The van der Waals surface area contributed by atoms with Crippen molar-refractivity contribution in [3.05, 3.63) is 110 Å². The van der Waals surface area contributed by atoms with Gasteiger partial charge in [0.25, 0.3) is 17.4 Å². The van der Waals surface area contributed by atoms with Gasteiger partial charge in [-0.25, -0.2) is 13.6 Å². The number of aliphatic hydroxyl groups is 1. The SMILES string of the molecule is NS(=O)(=O)c1ccc(CCN2C(=O)C(=O)C(=C(O)c3ccc(Br)cc3)[C@H]2c2cccc([N+](=O)[O-])c2)cc1. The topological polar surface area (TPSA) is 161 Å². The predicted molar refractivity (Wildman–Crippen MR) is 138 cm³/mol. The van der Waals surface area contributed by atoms with Crippen LogP contribution in [0.2, 0.25) is 0 Å². The van der Waals surface area contributed by atoms with Gasteiger partial charge in [-0.05, 0) is 41.8 Å². The number of carbonyl (C=O) groups is 2. The van der Waals surface area contributed by atoms with E-state index in [9.17, 15) is 33.2 Å². The van der Waals surface area contributed by atoms with Crippen molar-refractivity contribution in [1.82, 2.24) is 4.90 Å². The summed E-state index contributed by atoms with van der Waals surface area (Å²) in [5.41, 5.74) is 0.842. The summed E-state index contributed by atoms with van der Waals surface area (Å²) in [5.74, 6) is -2.18. The van der Waals surface area contributed by atoms with Gasteiger partial charge in [-0.3, -0.25) is 19.7 Å². The molecule has 1 fully saturated rings. The summed E-state index contributed by atoms with van der Waals surface area (Å²) >= 11 is 3.31. The molecule has 0 spiro atoms. The Hall–Kier alpha value is -3.87. The van der Waals surface area contributed by atoms with Gasteiger partial charge in [0.05, 0.1) is 21.4 Å². The van der Waals surface area contributed by atoms with E-state index in [0.717, 1.165) is 4.47 Å². The number of non-ortho nitro benzene ring substituents is 1. The summed E-state index contributed by atoms with van der Waals surface area (Å²) in [5, 5.41) is 27.6. The molecule has 37 heavy (non-hydrogen) atoms. The minimum absolute atomic E-state index is 0.0176. The molecule has 1 aliphatic rings. The number of carbonyl (C=O) groups excluding carboxylic acids is 2. The van der Waals surface area contributed by atoms with E-state index in [1.54, 1.807) is 42.5 Å².